The summed E-state index contributed by atoms with van der Waals surface area (Å²) in [4.78, 5) is 36.6. The third-order valence-corrected chi connectivity index (χ3v) is 4.09. The molecule has 4 amide bonds. The zero-order valence-electron chi connectivity index (χ0n) is 16.3. The fourth-order valence-electron chi connectivity index (χ4n) is 2.84. The first-order valence-electron chi connectivity index (χ1n) is 9.26. The average Bonchev–Trinajstić information content (AvgIpc) is 2.67. The number of carbonyl (C=O) groups is 3. The van der Waals surface area contributed by atoms with Gasteiger partial charge in [-0.1, -0.05) is 6.07 Å². The number of halogens is 1. The number of benzene rings is 2. The van der Waals surface area contributed by atoms with E-state index < -0.39 is 17.8 Å². The monoisotopic (exact) mass is 417 g/mol. The van der Waals surface area contributed by atoms with E-state index in [1.54, 1.807) is 31.3 Å². The number of urea groups is 1. The van der Waals surface area contributed by atoms with Crippen molar-refractivity contribution in [3.8, 4) is 11.5 Å². The molecule has 9 nitrogen and oxygen atoms in total. The van der Waals surface area contributed by atoms with Gasteiger partial charge in [-0.25, -0.2) is 9.18 Å². The number of amides is 4. The van der Waals surface area contributed by atoms with Gasteiger partial charge in [0.1, 0.15) is 19.0 Å². The highest BCUT2D eigenvalue weighted by atomic mass is 19.1. The summed E-state index contributed by atoms with van der Waals surface area (Å²) in [5.74, 6) is -0.298. The third-order valence-electron chi connectivity index (χ3n) is 4.09. The number of hydrogen-bond donors (Lipinski definition) is 4. The Balaban J connectivity index is 1.43. The molecule has 1 heterocycles. The number of ether oxygens (including phenoxy) is 2. The lowest BCUT2D eigenvalue weighted by atomic mass is 10.2. The van der Waals surface area contributed by atoms with E-state index in [1.807, 2.05) is 0 Å². The van der Waals surface area contributed by atoms with Crippen molar-refractivity contribution in [3.05, 3.63) is 48.3 Å². The zero-order chi connectivity index (χ0) is 21.5. The molecule has 0 saturated heterocycles. The molecule has 2 aromatic carbocycles. The molecular weight excluding hydrogens is 395 g/mol. The van der Waals surface area contributed by atoms with Crippen LogP contribution in [-0.2, 0) is 9.59 Å². The standard InChI is InChI=1S/C20H21FN4O5/c1-25(11-18(26)22-14-4-2-3-13(21)9-14)12-19(27)24-20(28)23-15-5-6-16-17(10-15)30-8-7-29-16/h2-6,9-10H,7-8,11-12H2,1H3,(H,22,26)(H2,23,24,27,28)/p+1. The summed E-state index contributed by atoms with van der Waals surface area (Å²) in [7, 11) is 1.63. The van der Waals surface area contributed by atoms with Gasteiger partial charge in [0.2, 0.25) is 0 Å². The Morgan fingerprint density at radius 1 is 0.933 bits per heavy atom. The highest BCUT2D eigenvalue weighted by Gasteiger charge is 2.17. The summed E-state index contributed by atoms with van der Waals surface area (Å²) < 4.78 is 24.0. The van der Waals surface area contributed by atoms with Crippen LogP contribution in [0, 0.1) is 5.82 Å². The fraction of sp³-hybridized carbons (Fsp3) is 0.250. The lowest BCUT2D eigenvalue weighted by Gasteiger charge is -2.19. The van der Waals surface area contributed by atoms with E-state index in [2.05, 4.69) is 16.0 Å². The molecule has 0 aromatic heterocycles. The Morgan fingerprint density at radius 3 is 2.40 bits per heavy atom. The second-order valence-electron chi connectivity index (χ2n) is 6.73. The quantitative estimate of drug-likeness (QED) is 0.544. The minimum absolute atomic E-state index is 0.0340. The number of likely N-dealkylation sites (N-methyl/N-ethyl adjacent to an activating group) is 1. The predicted octanol–water partition coefficient (Wildman–Crippen LogP) is 0.398. The molecule has 2 aromatic rings. The van der Waals surface area contributed by atoms with Crippen LogP contribution in [0.4, 0.5) is 20.6 Å². The molecule has 0 radical (unpaired) electrons. The molecule has 0 bridgehead atoms. The SMILES string of the molecule is C[NH+](CC(=O)NC(=O)Nc1ccc2c(c1)OCCO2)CC(=O)Nc1cccc(F)c1. The normalized spacial score (nSPS) is 13.1. The maximum absolute atomic E-state index is 13.2. The number of quaternary nitrogens is 1. The van der Waals surface area contributed by atoms with E-state index in [4.69, 9.17) is 9.47 Å². The summed E-state index contributed by atoms with van der Waals surface area (Å²) in [5.41, 5.74) is 0.774. The Hall–Kier alpha value is -3.66. The first kappa shape index (κ1) is 21.1. The van der Waals surface area contributed by atoms with E-state index in [-0.39, 0.29) is 19.0 Å². The Kier molecular flexibility index (Phi) is 6.81. The number of nitrogens with one attached hydrogen (secondary N) is 4. The van der Waals surface area contributed by atoms with Crippen molar-refractivity contribution in [2.24, 2.45) is 0 Å². The van der Waals surface area contributed by atoms with Gasteiger partial charge in [0.05, 0.1) is 7.05 Å². The van der Waals surface area contributed by atoms with Gasteiger partial charge in [0.15, 0.2) is 24.6 Å². The van der Waals surface area contributed by atoms with Crippen LogP contribution in [0.25, 0.3) is 0 Å². The van der Waals surface area contributed by atoms with Gasteiger partial charge in [-0.05, 0) is 30.3 Å². The van der Waals surface area contributed by atoms with E-state index in [0.717, 1.165) is 0 Å². The van der Waals surface area contributed by atoms with Crippen LogP contribution >= 0.6 is 0 Å². The summed E-state index contributed by atoms with van der Waals surface area (Å²) in [6.07, 6.45) is 0. The van der Waals surface area contributed by atoms with E-state index >= 15 is 0 Å². The molecule has 0 aliphatic carbocycles. The molecular formula is C20H22FN4O5+. The second-order valence-corrected chi connectivity index (χ2v) is 6.73. The van der Waals surface area contributed by atoms with Crippen LogP contribution in [0.1, 0.15) is 0 Å². The fourth-order valence-corrected chi connectivity index (χ4v) is 2.84. The molecule has 158 valence electrons. The van der Waals surface area contributed by atoms with Crippen LogP contribution in [0.15, 0.2) is 42.5 Å². The zero-order valence-corrected chi connectivity index (χ0v) is 16.3. The largest absolute Gasteiger partial charge is 0.486 e. The minimum atomic E-state index is -0.700. The number of imide groups is 1. The van der Waals surface area contributed by atoms with Gasteiger partial charge in [0.25, 0.3) is 11.8 Å². The summed E-state index contributed by atoms with van der Waals surface area (Å²) in [5, 5.41) is 7.30. The maximum atomic E-state index is 13.2. The van der Waals surface area contributed by atoms with Gasteiger partial charge >= 0.3 is 6.03 Å². The smallest absolute Gasteiger partial charge is 0.326 e. The first-order chi connectivity index (χ1) is 14.4. The van der Waals surface area contributed by atoms with Crippen LogP contribution in [-0.4, -0.2) is 51.2 Å². The van der Waals surface area contributed by atoms with Crippen LogP contribution in [0.5, 0.6) is 11.5 Å². The topological polar surface area (TPSA) is 110 Å². The summed E-state index contributed by atoms with van der Waals surface area (Å²) >= 11 is 0. The molecule has 3 rings (SSSR count). The van der Waals surface area contributed by atoms with E-state index in [9.17, 15) is 18.8 Å². The molecule has 10 heteroatoms. The maximum Gasteiger partial charge on any atom is 0.326 e. The average molecular weight is 417 g/mol. The van der Waals surface area contributed by atoms with Crippen molar-refractivity contribution in [1.29, 1.82) is 0 Å². The van der Waals surface area contributed by atoms with Crippen LogP contribution in [0.3, 0.4) is 0 Å². The van der Waals surface area contributed by atoms with Gasteiger partial charge < -0.3 is 25.0 Å². The highest BCUT2D eigenvalue weighted by Crippen LogP contribution is 2.32. The van der Waals surface area contributed by atoms with Crippen molar-refractivity contribution >= 4 is 29.2 Å². The van der Waals surface area contributed by atoms with Crippen molar-refractivity contribution in [1.82, 2.24) is 5.32 Å². The summed E-state index contributed by atoms with van der Waals surface area (Å²) in [6, 6.07) is 9.71. The number of carbonyl (C=O) groups excluding carboxylic acids is 3. The highest BCUT2D eigenvalue weighted by molar-refractivity contribution is 6.01. The van der Waals surface area contributed by atoms with Crippen LogP contribution < -0.4 is 30.3 Å². The predicted molar refractivity (Wildman–Crippen MR) is 106 cm³/mol. The number of fused-ring (bicyclic) bond motifs is 1. The molecule has 1 aliphatic heterocycles. The third kappa shape index (κ3) is 6.17. The first-order valence-corrected chi connectivity index (χ1v) is 9.26. The van der Waals surface area contributed by atoms with Crippen molar-refractivity contribution in [3.63, 3.8) is 0 Å². The lowest BCUT2D eigenvalue weighted by molar-refractivity contribution is -0.862. The number of anilines is 2. The van der Waals surface area contributed by atoms with E-state index in [0.29, 0.717) is 41.0 Å². The Bertz CT molecular complexity index is 953. The molecule has 0 fully saturated rings. The molecule has 30 heavy (non-hydrogen) atoms. The van der Waals surface area contributed by atoms with E-state index in [1.165, 1.54) is 18.2 Å². The second kappa shape index (κ2) is 9.70. The Morgan fingerprint density at radius 2 is 1.63 bits per heavy atom. The van der Waals surface area contributed by atoms with Gasteiger partial charge in [-0.3, -0.25) is 14.9 Å². The molecule has 1 unspecified atom stereocenters. The van der Waals surface area contributed by atoms with Gasteiger partial charge in [-0.15, -0.1) is 0 Å². The molecule has 1 atom stereocenters. The molecule has 0 saturated carbocycles. The van der Waals surface area contributed by atoms with Crippen molar-refractivity contribution in [2.75, 3.05) is 44.0 Å². The molecule has 0 spiro atoms. The van der Waals surface area contributed by atoms with Crippen molar-refractivity contribution in [2.45, 2.75) is 0 Å². The Labute approximate surface area is 172 Å². The number of rotatable bonds is 6. The summed E-state index contributed by atoms with van der Waals surface area (Å²) in [6.45, 7) is 0.743. The minimum Gasteiger partial charge on any atom is -0.486 e. The van der Waals surface area contributed by atoms with Crippen LogP contribution in [0.2, 0.25) is 0 Å². The molecule has 4 N–H and O–H groups in total. The van der Waals surface area contributed by atoms with Gasteiger partial charge in [0, 0.05) is 17.4 Å². The number of hydrogen-bond acceptors (Lipinski definition) is 5. The lowest BCUT2D eigenvalue weighted by Crippen LogP contribution is -3.11. The van der Waals surface area contributed by atoms with Crippen molar-refractivity contribution < 1.29 is 33.1 Å². The molecule has 1 aliphatic rings. The van der Waals surface area contributed by atoms with Gasteiger partial charge in [-0.2, -0.15) is 0 Å².